The minimum absolute atomic E-state index is 0.0948. The summed E-state index contributed by atoms with van der Waals surface area (Å²) < 4.78 is 30.4. The lowest BCUT2D eigenvalue weighted by Gasteiger charge is -2.24. The van der Waals surface area contributed by atoms with Gasteiger partial charge in [0.2, 0.25) is 5.91 Å². The monoisotopic (exact) mass is 513 g/mol. The first-order chi connectivity index (χ1) is 16.2. The molecule has 0 aliphatic rings. The molecule has 0 spiro atoms. The van der Waals surface area contributed by atoms with Gasteiger partial charge < -0.3 is 9.88 Å². The van der Waals surface area contributed by atoms with Gasteiger partial charge in [-0.15, -0.1) is 11.8 Å². The molecule has 34 heavy (non-hydrogen) atoms. The van der Waals surface area contributed by atoms with Crippen LogP contribution in [0.1, 0.15) is 5.56 Å². The summed E-state index contributed by atoms with van der Waals surface area (Å²) in [6, 6.07) is 18.7. The Bertz CT molecular complexity index is 1510. The lowest BCUT2D eigenvalue weighted by atomic mass is 10.2. The fourth-order valence-corrected chi connectivity index (χ4v) is 6.19. The molecule has 1 aromatic heterocycles. The van der Waals surface area contributed by atoms with Crippen molar-refractivity contribution in [2.45, 2.75) is 16.7 Å². The first kappa shape index (κ1) is 24.1. The fraction of sp³-hybridized carbons (Fsp3) is 0.167. The third-order valence-corrected chi connectivity index (χ3v) is 8.86. The number of rotatable bonds is 7. The van der Waals surface area contributed by atoms with Gasteiger partial charge in [-0.2, -0.15) is 0 Å². The van der Waals surface area contributed by atoms with Gasteiger partial charge in [-0.1, -0.05) is 29.0 Å². The minimum atomic E-state index is -4.00. The molecule has 10 heteroatoms. The van der Waals surface area contributed by atoms with Crippen LogP contribution < -0.4 is 14.5 Å². The number of carbonyl (C=O) groups excluding carboxylic acids is 1. The number of benzene rings is 3. The zero-order chi connectivity index (χ0) is 24.5. The number of nitrogens with one attached hydrogen (secondary N) is 1. The molecule has 1 amide bonds. The quantitative estimate of drug-likeness (QED) is 0.369. The second kappa shape index (κ2) is 9.65. The summed E-state index contributed by atoms with van der Waals surface area (Å²) in [6.07, 6.45) is 1.91. The van der Waals surface area contributed by atoms with Crippen LogP contribution in [0, 0.1) is 6.92 Å². The molecule has 4 aromatic rings. The Labute approximate surface area is 206 Å². The third-order valence-electron chi connectivity index (χ3n) is 5.33. The van der Waals surface area contributed by atoms with Gasteiger partial charge in [0, 0.05) is 17.6 Å². The number of thioether (sulfide) groups is 1. The van der Waals surface area contributed by atoms with Crippen molar-refractivity contribution in [2.75, 3.05) is 22.4 Å². The number of thiazole rings is 1. The Morgan fingerprint density at radius 1 is 1.06 bits per heavy atom. The standard InChI is InChI=1S/C24H23N3O4S3/c1-16-4-7-18(8-5-16)27(34(30,31)20-11-9-19(32-3)10-12-20)15-23(28)25-17-6-13-21-22(14-17)33-24(29)26(21)2/h4-14H,15H2,1-3H3,(H,25,28). The van der Waals surface area contributed by atoms with Crippen molar-refractivity contribution in [3.8, 4) is 0 Å². The second-order valence-corrected chi connectivity index (χ2v) is 11.4. The summed E-state index contributed by atoms with van der Waals surface area (Å²) in [4.78, 5) is 25.8. The predicted octanol–water partition coefficient (Wildman–Crippen LogP) is 4.46. The van der Waals surface area contributed by atoms with E-state index in [0.29, 0.717) is 11.4 Å². The van der Waals surface area contributed by atoms with Crippen LogP contribution in [0.5, 0.6) is 0 Å². The molecule has 0 aliphatic heterocycles. The van der Waals surface area contributed by atoms with Crippen molar-refractivity contribution in [3.63, 3.8) is 0 Å². The molecule has 4 rings (SSSR count). The molecule has 7 nitrogen and oxygen atoms in total. The smallest absolute Gasteiger partial charge is 0.307 e. The van der Waals surface area contributed by atoms with E-state index in [4.69, 9.17) is 0 Å². The maximum Gasteiger partial charge on any atom is 0.307 e. The van der Waals surface area contributed by atoms with Gasteiger partial charge in [0.1, 0.15) is 6.54 Å². The van der Waals surface area contributed by atoms with Crippen LogP contribution in [0.2, 0.25) is 0 Å². The number of aryl methyl sites for hydroxylation is 2. The molecule has 1 heterocycles. The van der Waals surface area contributed by atoms with Gasteiger partial charge in [0.05, 0.1) is 20.8 Å². The molecule has 0 bridgehead atoms. The summed E-state index contributed by atoms with van der Waals surface area (Å²) in [6.45, 7) is 1.50. The summed E-state index contributed by atoms with van der Waals surface area (Å²) >= 11 is 2.60. The molecule has 176 valence electrons. The zero-order valence-corrected chi connectivity index (χ0v) is 21.3. The molecule has 1 N–H and O–H groups in total. The van der Waals surface area contributed by atoms with Crippen LogP contribution >= 0.6 is 23.1 Å². The highest BCUT2D eigenvalue weighted by Gasteiger charge is 2.27. The minimum Gasteiger partial charge on any atom is -0.324 e. The highest BCUT2D eigenvalue weighted by molar-refractivity contribution is 7.98. The molecular formula is C24H23N3O4S3. The Hall–Kier alpha value is -3.08. The van der Waals surface area contributed by atoms with Gasteiger partial charge in [-0.25, -0.2) is 8.42 Å². The third kappa shape index (κ3) is 4.89. The van der Waals surface area contributed by atoms with E-state index < -0.39 is 22.5 Å². The maximum atomic E-state index is 13.5. The summed E-state index contributed by atoms with van der Waals surface area (Å²) in [5.41, 5.74) is 2.63. The van der Waals surface area contributed by atoms with Crippen molar-refractivity contribution in [1.29, 1.82) is 0 Å². The molecule has 0 aliphatic carbocycles. The highest BCUT2D eigenvalue weighted by Crippen LogP contribution is 2.26. The molecule has 0 unspecified atom stereocenters. The van der Waals surface area contributed by atoms with E-state index in [1.807, 2.05) is 13.2 Å². The van der Waals surface area contributed by atoms with E-state index in [0.717, 1.165) is 36.3 Å². The topological polar surface area (TPSA) is 88.5 Å². The van der Waals surface area contributed by atoms with Crippen LogP contribution in [0.3, 0.4) is 0 Å². The average Bonchev–Trinajstić information content (AvgIpc) is 3.10. The lowest BCUT2D eigenvalue weighted by Crippen LogP contribution is -2.38. The molecule has 0 atom stereocenters. The Morgan fingerprint density at radius 3 is 2.38 bits per heavy atom. The van der Waals surface area contributed by atoms with Crippen LogP contribution in [0.15, 0.2) is 81.3 Å². The number of fused-ring (bicyclic) bond motifs is 1. The molecular weight excluding hydrogens is 490 g/mol. The summed E-state index contributed by atoms with van der Waals surface area (Å²) in [7, 11) is -2.31. The average molecular weight is 514 g/mol. The number of anilines is 2. The van der Waals surface area contributed by atoms with Crippen molar-refractivity contribution in [1.82, 2.24) is 4.57 Å². The van der Waals surface area contributed by atoms with Crippen LogP contribution in [0.4, 0.5) is 11.4 Å². The van der Waals surface area contributed by atoms with Crippen molar-refractivity contribution >= 4 is 60.6 Å². The molecule has 0 fully saturated rings. The van der Waals surface area contributed by atoms with Gasteiger partial charge in [-0.3, -0.25) is 13.9 Å². The number of hydrogen-bond acceptors (Lipinski definition) is 6. The van der Waals surface area contributed by atoms with Gasteiger partial charge in [0.25, 0.3) is 10.0 Å². The van der Waals surface area contributed by atoms with Crippen molar-refractivity contribution in [2.24, 2.45) is 7.05 Å². The van der Waals surface area contributed by atoms with Gasteiger partial charge in [-0.05, 0) is 67.8 Å². The Kier molecular flexibility index (Phi) is 6.83. The van der Waals surface area contributed by atoms with Crippen molar-refractivity contribution in [3.05, 3.63) is 82.0 Å². The fourth-order valence-electron chi connectivity index (χ4n) is 3.44. The van der Waals surface area contributed by atoms with E-state index >= 15 is 0 Å². The highest BCUT2D eigenvalue weighted by atomic mass is 32.2. The van der Waals surface area contributed by atoms with Gasteiger partial charge >= 0.3 is 4.87 Å². The maximum absolute atomic E-state index is 13.5. The molecule has 0 radical (unpaired) electrons. The number of carbonyl (C=O) groups is 1. The number of amides is 1. The normalized spacial score (nSPS) is 11.5. The van der Waals surface area contributed by atoms with Gasteiger partial charge in [0.15, 0.2) is 0 Å². The van der Waals surface area contributed by atoms with Crippen LogP contribution in [-0.4, -0.2) is 31.7 Å². The lowest BCUT2D eigenvalue weighted by molar-refractivity contribution is -0.114. The van der Waals surface area contributed by atoms with Crippen LogP contribution in [-0.2, 0) is 21.9 Å². The molecule has 0 saturated heterocycles. The predicted molar refractivity (Wildman–Crippen MR) is 140 cm³/mol. The Morgan fingerprint density at radius 2 is 1.74 bits per heavy atom. The molecule has 0 saturated carbocycles. The molecule has 3 aromatic carbocycles. The van der Waals surface area contributed by atoms with E-state index in [2.05, 4.69) is 5.32 Å². The summed E-state index contributed by atoms with van der Waals surface area (Å²) in [5.74, 6) is -0.493. The largest absolute Gasteiger partial charge is 0.324 e. The van der Waals surface area contributed by atoms with E-state index in [-0.39, 0.29) is 9.77 Å². The number of aromatic nitrogens is 1. The summed E-state index contributed by atoms with van der Waals surface area (Å²) in [5, 5.41) is 2.76. The first-order valence-electron chi connectivity index (χ1n) is 10.3. The first-order valence-corrected chi connectivity index (χ1v) is 13.8. The van der Waals surface area contributed by atoms with Crippen molar-refractivity contribution < 1.29 is 13.2 Å². The SMILES string of the molecule is CSc1ccc(S(=O)(=O)N(CC(=O)Nc2ccc3c(c2)sc(=O)n3C)c2ccc(C)cc2)cc1. The Balaban J connectivity index is 1.64. The second-order valence-electron chi connectivity index (χ2n) is 7.68. The number of nitrogens with zero attached hydrogens (tertiary/aromatic N) is 2. The number of hydrogen-bond donors (Lipinski definition) is 1. The van der Waals surface area contributed by atoms with E-state index in [1.165, 1.54) is 11.8 Å². The van der Waals surface area contributed by atoms with Crippen LogP contribution in [0.25, 0.3) is 10.2 Å². The zero-order valence-electron chi connectivity index (χ0n) is 18.8. The van der Waals surface area contributed by atoms with E-state index in [1.54, 1.807) is 78.3 Å². The van der Waals surface area contributed by atoms with E-state index in [9.17, 15) is 18.0 Å². The number of sulfonamides is 1.